The van der Waals surface area contributed by atoms with Gasteiger partial charge in [-0.25, -0.2) is 0 Å². The Morgan fingerprint density at radius 2 is 2.41 bits per heavy atom. The number of benzene rings is 1. The van der Waals surface area contributed by atoms with Crippen molar-refractivity contribution >= 4 is 5.69 Å². The summed E-state index contributed by atoms with van der Waals surface area (Å²) in [4.78, 5) is 2.30. The highest BCUT2D eigenvalue weighted by atomic mass is 16.5. The molecule has 1 unspecified atom stereocenters. The first-order chi connectivity index (χ1) is 8.34. The van der Waals surface area contributed by atoms with Gasteiger partial charge in [-0.1, -0.05) is 12.1 Å². The maximum absolute atomic E-state index is 6.02. The fourth-order valence-electron chi connectivity index (χ4n) is 2.78. The van der Waals surface area contributed by atoms with Gasteiger partial charge in [0, 0.05) is 26.1 Å². The molecule has 0 aromatic heterocycles. The molecule has 1 fully saturated rings. The minimum absolute atomic E-state index is 0.678. The standard InChI is InChI=1S/C14H20N2O/c1-16-8-6-12-3-2-4-13(14(12)16)17-10-11-5-7-15-9-11/h2-4,11,15H,5-10H2,1H3. The maximum atomic E-state index is 6.02. The van der Waals surface area contributed by atoms with Crippen molar-refractivity contribution in [3.8, 4) is 5.75 Å². The lowest BCUT2D eigenvalue weighted by Crippen LogP contribution is -2.17. The van der Waals surface area contributed by atoms with Crippen LogP contribution in [-0.2, 0) is 6.42 Å². The summed E-state index contributed by atoms with van der Waals surface area (Å²) in [6.45, 7) is 4.20. The average Bonchev–Trinajstić information content (AvgIpc) is 2.97. The topological polar surface area (TPSA) is 24.5 Å². The molecule has 92 valence electrons. The van der Waals surface area contributed by atoms with Crippen molar-refractivity contribution in [2.24, 2.45) is 5.92 Å². The predicted molar refractivity (Wildman–Crippen MR) is 69.9 cm³/mol. The third-order valence-corrected chi connectivity index (χ3v) is 3.82. The highest BCUT2D eigenvalue weighted by Crippen LogP contribution is 2.36. The second-order valence-electron chi connectivity index (χ2n) is 5.11. The summed E-state index contributed by atoms with van der Waals surface area (Å²) in [6, 6.07) is 6.42. The van der Waals surface area contributed by atoms with Crippen LogP contribution in [-0.4, -0.2) is 33.3 Å². The van der Waals surface area contributed by atoms with Crippen molar-refractivity contribution in [2.75, 3.05) is 38.2 Å². The molecule has 0 saturated carbocycles. The first-order valence-corrected chi connectivity index (χ1v) is 6.51. The number of likely N-dealkylation sites (N-methyl/N-ethyl adjacent to an activating group) is 1. The number of rotatable bonds is 3. The largest absolute Gasteiger partial charge is 0.491 e. The monoisotopic (exact) mass is 232 g/mol. The van der Waals surface area contributed by atoms with Crippen LogP contribution in [0.5, 0.6) is 5.75 Å². The van der Waals surface area contributed by atoms with Crippen molar-refractivity contribution in [1.82, 2.24) is 5.32 Å². The molecular formula is C14H20N2O. The summed E-state index contributed by atoms with van der Waals surface area (Å²) in [6.07, 6.45) is 2.39. The Bertz CT molecular complexity index is 399. The van der Waals surface area contributed by atoms with E-state index in [-0.39, 0.29) is 0 Å². The van der Waals surface area contributed by atoms with E-state index in [1.807, 2.05) is 0 Å². The molecule has 2 aliphatic rings. The summed E-state index contributed by atoms with van der Waals surface area (Å²) in [5, 5.41) is 3.38. The lowest BCUT2D eigenvalue weighted by Gasteiger charge is -2.18. The van der Waals surface area contributed by atoms with Crippen LogP contribution < -0.4 is 15.0 Å². The van der Waals surface area contributed by atoms with E-state index in [9.17, 15) is 0 Å². The Balaban J connectivity index is 1.72. The van der Waals surface area contributed by atoms with E-state index in [2.05, 4.69) is 35.5 Å². The molecular weight excluding hydrogens is 212 g/mol. The number of hydrogen-bond acceptors (Lipinski definition) is 3. The molecule has 1 aromatic carbocycles. The van der Waals surface area contributed by atoms with Crippen molar-refractivity contribution in [3.63, 3.8) is 0 Å². The summed E-state index contributed by atoms with van der Waals surface area (Å²) in [5.41, 5.74) is 2.73. The molecule has 3 heteroatoms. The zero-order valence-corrected chi connectivity index (χ0v) is 10.4. The minimum Gasteiger partial charge on any atom is -0.491 e. The van der Waals surface area contributed by atoms with Crippen LogP contribution in [0.3, 0.4) is 0 Å². The van der Waals surface area contributed by atoms with Gasteiger partial charge in [-0.2, -0.15) is 0 Å². The minimum atomic E-state index is 0.678. The normalized spacial score (nSPS) is 22.9. The number of anilines is 1. The third-order valence-electron chi connectivity index (χ3n) is 3.82. The van der Waals surface area contributed by atoms with Gasteiger partial charge in [0.15, 0.2) is 0 Å². The van der Waals surface area contributed by atoms with Gasteiger partial charge in [0.2, 0.25) is 0 Å². The number of para-hydroxylation sites is 1. The lowest BCUT2D eigenvalue weighted by molar-refractivity contribution is 0.261. The molecule has 2 aliphatic heterocycles. The highest BCUT2D eigenvalue weighted by molar-refractivity contribution is 5.66. The van der Waals surface area contributed by atoms with Crippen LogP contribution in [0.1, 0.15) is 12.0 Å². The molecule has 17 heavy (non-hydrogen) atoms. The number of fused-ring (bicyclic) bond motifs is 1. The third kappa shape index (κ3) is 2.12. The Morgan fingerprint density at radius 1 is 1.47 bits per heavy atom. The van der Waals surface area contributed by atoms with E-state index < -0.39 is 0 Å². The summed E-state index contributed by atoms with van der Waals surface area (Å²) >= 11 is 0. The molecule has 2 heterocycles. The van der Waals surface area contributed by atoms with Crippen LogP contribution in [0.15, 0.2) is 18.2 Å². The zero-order chi connectivity index (χ0) is 11.7. The van der Waals surface area contributed by atoms with Crippen LogP contribution >= 0.6 is 0 Å². The maximum Gasteiger partial charge on any atom is 0.142 e. The van der Waals surface area contributed by atoms with Gasteiger partial charge >= 0.3 is 0 Å². The SMILES string of the molecule is CN1CCc2cccc(OCC3CCNC3)c21. The highest BCUT2D eigenvalue weighted by Gasteiger charge is 2.21. The quantitative estimate of drug-likeness (QED) is 0.858. The fraction of sp³-hybridized carbons (Fsp3) is 0.571. The lowest BCUT2D eigenvalue weighted by atomic mass is 10.1. The first-order valence-electron chi connectivity index (χ1n) is 6.51. The number of nitrogens with one attached hydrogen (secondary N) is 1. The van der Waals surface area contributed by atoms with Gasteiger partial charge in [0.05, 0.1) is 12.3 Å². The van der Waals surface area contributed by atoms with Crippen LogP contribution in [0.4, 0.5) is 5.69 Å². The van der Waals surface area contributed by atoms with Gasteiger partial charge < -0.3 is 15.0 Å². The second-order valence-corrected chi connectivity index (χ2v) is 5.11. The zero-order valence-electron chi connectivity index (χ0n) is 10.4. The molecule has 0 amide bonds. The van der Waals surface area contributed by atoms with Crippen molar-refractivity contribution in [2.45, 2.75) is 12.8 Å². The van der Waals surface area contributed by atoms with Crippen molar-refractivity contribution in [3.05, 3.63) is 23.8 Å². The van der Waals surface area contributed by atoms with Crippen LogP contribution in [0.2, 0.25) is 0 Å². The molecule has 1 N–H and O–H groups in total. The molecule has 3 rings (SSSR count). The molecule has 1 aromatic rings. The molecule has 0 radical (unpaired) electrons. The van der Waals surface area contributed by atoms with Crippen LogP contribution in [0.25, 0.3) is 0 Å². The van der Waals surface area contributed by atoms with Gasteiger partial charge in [0.1, 0.15) is 5.75 Å². The first kappa shape index (κ1) is 10.9. The Kier molecular flexibility index (Phi) is 2.93. The molecule has 0 aliphatic carbocycles. The summed E-state index contributed by atoms with van der Waals surface area (Å²) < 4.78 is 6.02. The van der Waals surface area contributed by atoms with E-state index in [0.717, 1.165) is 38.4 Å². The summed E-state index contributed by atoms with van der Waals surface area (Å²) in [5.74, 6) is 1.74. The number of ether oxygens (including phenoxy) is 1. The van der Waals surface area contributed by atoms with E-state index in [4.69, 9.17) is 4.74 Å². The molecule has 1 saturated heterocycles. The summed E-state index contributed by atoms with van der Waals surface area (Å²) in [7, 11) is 2.15. The smallest absolute Gasteiger partial charge is 0.142 e. The van der Waals surface area contributed by atoms with Gasteiger partial charge in [0.25, 0.3) is 0 Å². The molecule has 0 bridgehead atoms. The fourth-order valence-corrected chi connectivity index (χ4v) is 2.78. The Labute approximate surface area is 103 Å². The van der Waals surface area contributed by atoms with E-state index >= 15 is 0 Å². The number of hydrogen-bond donors (Lipinski definition) is 1. The number of nitrogens with zero attached hydrogens (tertiary/aromatic N) is 1. The molecule has 3 nitrogen and oxygen atoms in total. The van der Waals surface area contributed by atoms with Gasteiger partial charge in [-0.05, 0) is 31.0 Å². The second kappa shape index (κ2) is 4.57. The Morgan fingerprint density at radius 3 is 3.24 bits per heavy atom. The van der Waals surface area contributed by atoms with E-state index in [0.29, 0.717) is 5.92 Å². The predicted octanol–water partition coefficient (Wildman–Crippen LogP) is 1.67. The van der Waals surface area contributed by atoms with Gasteiger partial charge in [-0.3, -0.25) is 0 Å². The average molecular weight is 232 g/mol. The van der Waals surface area contributed by atoms with Crippen molar-refractivity contribution in [1.29, 1.82) is 0 Å². The van der Waals surface area contributed by atoms with Crippen molar-refractivity contribution < 1.29 is 4.74 Å². The van der Waals surface area contributed by atoms with Gasteiger partial charge in [-0.15, -0.1) is 0 Å². The molecule has 0 spiro atoms. The van der Waals surface area contributed by atoms with Crippen LogP contribution in [0, 0.1) is 5.92 Å². The molecule has 1 atom stereocenters. The van der Waals surface area contributed by atoms with E-state index in [1.165, 1.54) is 17.7 Å². The van der Waals surface area contributed by atoms with E-state index in [1.54, 1.807) is 0 Å². The Hall–Kier alpha value is -1.22.